The molecule has 5 nitrogen and oxygen atoms in total. The number of nitrogens with one attached hydrogen (secondary N) is 1. The Balaban J connectivity index is 1.81. The fourth-order valence-electron chi connectivity index (χ4n) is 2.44. The van der Waals surface area contributed by atoms with E-state index in [9.17, 15) is 0 Å². The lowest BCUT2D eigenvalue weighted by molar-refractivity contribution is 0.403. The summed E-state index contributed by atoms with van der Waals surface area (Å²) in [6.45, 7) is 8.62. The Morgan fingerprint density at radius 3 is 2.71 bits per heavy atom. The first-order chi connectivity index (χ1) is 10.2. The van der Waals surface area contributed by atoms with Crippen LogP contribution < -0.4 is 5.32 Å². The van der Waals surface area contributed by atoms with E-state index in [1.54, 1.807) is 12.7 Å². The third-order valence-corrected chi connectivity index (χ3v) is 3.86. The van der Waals surface area contributed by atoms with Gasteiger partial charge in [-0.15, -0.1) is 0 Å². The summed E-state index contributed by atoms with van der Waals surface area (Å²) in [5.74, 6) is 1.08. The third kappa shape index (κ3) is 4.93. The molecule has 0 radical (unpaired) electrons. The Morgan fingerprint density at radius 2 is 2.10 bits per heavy atom. The number of aromatic nitrogens is 4. The maximum absolute atomic E-state index is 4.24. The standard InChI is InChI=1S/C16H25N5/c1-13(2)16(15-5-4-7-17-9-15)10-19-14(3)6-8-21-12-18-11-20-21/h4-5,7,9,11-14,16,19H,6,8,10H2,1-3H3/t14-,16-/m0/s1. The van der Waals surface area contributed by atoms with Crippen molar-refractivity contribution in [1.29, 1.82) is 0 Å². The van der Waals surface area contributed by atoms with Crippen LogP contribution in [0.5, 0.6) is 0 Å². The Kier molecular flexibility index (Phi) is 5.87. The summed E-state index contributed by atoms with van der Waals surface area (Å²) < 4.78 is 1.87. The van der Waals surface area contributed by atoms with Crippen molar-refractivity contribution in [2.24, 2.45) is 5.92 Å². The van der Waals surface area contributed by atoms with Gasteiger partial charge in [-0.05, 0) is 30.9 Å². The number of rotatable bonds is 8. The van der Waals surface area contributed by atoms with Gasteiger partial charge in [0.15, 0.2) is 0 Å². The van der Waals surface area contributed by atoms with Crippen LogP contribution in [0.1, 0.15) is 38.7 Å². The van der Waals surface area contributed by atoms with Gasteiger partial charge in [0.25, 0.3) is 0 Å². The lowest BCUT2D eigenvalue weighted by Gasteiger charge is -2.24. The first-order valence-electron chi connectivity index (χ1n) is 7.62. The van der Waals surface area contributed by atoms with Crippen molar-refractivity contribution >= 4 is 0 Å². The Labute approximate surface area is 126 Å². The summed E-state index contributed by atoms with van der Waals surface area (Å²) in [6, 6.07) is 4.63. The molecule has 2 rings (SSSR count). The molecule has 0 bridgehead atoms. The Bertz CT molecular complexity index is 495. The molecule has 0 fully saturated rings. The van der Waals surface area contributed by atoms with E-state index >= 15 is 0 Å². The smallest absolute Gasteiger partial charge is 0.137 e. The lowest BCUT2D eigenvalue weighted by atomic mass is 9.89. The van der Waals surface area contributed by atoms with E-state index in [-0.39, 0.29) is 0 Å². The molecule has 0 unspecified atom stereocenters. The van der Waals surface area contributed by atoms with E-state index in [0.29, 0.717) is 17.9 Å². The van der Waals surface area contributed by atoms with Gasteiger partial charge < -0.3 is 5.32 Å². The summed E-state index contributed by atoms with van der Waals surface area (Å²) in [5.41, 5.74) is 1.31. The molecular formula is C16H25N5. The van der Waals surface area contributed by atoms with Crippen molar-refractivity contribution in [3.8, 4) is 0 Å². The van der Waals surface area contributed by atoms with Gasteiger partial charge in [0, 0.05) is 37.4 Å². The van der Waals surface area contributed by atoms with Crippen LogP contribution in [0, 0.1) is 5.92 Å². The lowest BCUT2D eigenvalue weighted by Crippen LogP contribution is -2.33. The molecule has 114 valence electrons. The maximum Gasteiger partial charge on any atom is 0.137 e. The molecule has 2 atom stereocenters. The molecule has 2 heterocycles. The van der Waals surface area contributed by atoms with Crippen LogP contribution >= 0.6 is 0 Å². The summed E-state index contributed by atoms with van der Waals surface area (Å²) in [6.07, 6.45) is 8.19. The zero-order chi connectivity index (χ0) is 15.1. The maximum atomic E-state index is 4.24. The Morgan fingerprint density at radius 1 is 1.24 bits per heavy atom. The topological polar surface area (TPSA) is 55.6 Å². The third-order valence-electron chi connectivity index (χ3n) is 3.86. The zero-order valence-electron chi connectivity index (χ0n) is 13.1. The molecule has 0 saturated carbocycles. The van der Waals surface area contributed by atoms with E-state index in [0.717, 1.165) is 19.5 Å². The van der Waals surface area contributed by atoms with Gasteiger partial charge in [0.1, 0.15) is 12.7 Å². The second-order valence-corrected chi connectivity index (χ2v) is 5.89. The molecule has 0 amide bonds. The van der Waals surface area contributed by atoms with Gasteiger partial charge in [-0.2, -0.15) is 5.10 Å². The number of hydrogen-bond acceptors (Lipinski definition) is 4. The predicted octanol–water partition coefficient (Wildman–Crippen LogP) is 2.48. The van der Waals surface area contributed by atoms with Crippen LogP contribution in [0.3, 0.4) is 0 Å². The highest BCUT2D eigenvalue weighted by molar-refractivity contribution is 5.15. The van der Waals surface area contributed by atoms with Gasteiger partial charge in [-0.1, -0.05) is 19.9 Å². The van der Waals surface area contributed by atoms with Gasteiger partial charge in [-0.25, -0.2) is 4.98 Å². The molecule has 0 aliphatic rings. The molecule has 0 aliphatic heterocycles. The minimum atomic E-state index is 0.451. The average molecular weight is 287 g/mol. The van der Waals surface area contributed by atoms with E-state index in [2.05, 4.69) is 47.2 Å². The minimum absolute atomic E-state index is 0.451. The summed E-state index contributed by atoms with van der Waals surface area (Å²) in [7, 11) is 0. The van der Waals surface area contributed by atoms with E-state index < -0.39 is 0 Å². The number of hydrogen-bond donors (Lipinski definition) is 1. The summed E-state index contributed by atoms with van der Waals surface area (Å²) in [4.78, 5) is 8.20. The Hall–Kier alpha value is -1.75. The number of nitrogens with zero attached hydrogens (tertiary/aromatic N) is 4. The fraction of sp³-hybridized carbons (Fsp3) is 0.562. The fourth-order valence-corrected chi connectivity index (χ4v) is 2.44. The van der Waals surface area contributed by atoms with Crippen LogP contribution in [-0.2, 0) is 6.54 Å². The van der Waals surface area contributed by atoms with Gasteiger partial charge >= 0.3 is 0 Å². The molecule has 0 saturated heterocycles. The van der Waals surface area contributed by atoms with E-state index in [4.69, 9.17) is 0 Å². The van der Waals surface area contributed by atoms with Crippen molar-refractivity contribution in [3.05, 3.63) is 42.7 Å². The first-order valence-corrected chi connectivity index (χ1v) is 7.62. The van der Waals surface area contributed by atoms with Gasteiger partial charge in [-0.3, -0.25) is 9.67 Å². The molecule has 5 heteroatoms. The minimum Gasteiger partial charge on any atom is -0.314 e. The summed E-state index contributed by atoms with van der Waals surface area (Å²) in [5, 5.41) is 7.76. The highest BCUT2D eigenvalue weighted by atomic mass is 15.3. The van der Waals surface area contributed by atoms with Crippen molar-refractivity contribution < 1.29 is 0 Å². The second kappa shape index (κ2) is 7.88. The second-order valence-electron chi connectivity index (χ2n) is 5.89. The molecule has 2 aromatic heterocycles. The number of pyridine rings is 1. The quantitative estimate of drug-likeness (QED) is 0.810. The largest absolute Gasteiger partial charge is 0.314 e. The van der Waals surface area contributed by atoms with Crippen LogP contribution in [-0.4, -0.2) is 32.3 Å². The molecule has 2 aromatic rings. The highest BCUT2D eigenvalue weighted by Gasteiger charge is 2.16. The van der Waals surface area contributed by atoms with Crippen molar-refractivity contribution in [2.75, 3.05) is 6.54 Å². The van der Waals surface area contributed by atoms with Gasteiger partial charge in [0.05, 0.1) is 0 Å². The van der Waals surface area contributed by atoms with Gasteiger partial charge in [0.2, 0.25) is 0 Å². The van der Waals surface area contributed by atoms with Crippen molar-refractivity contribution in [2.45, 2.75) is 45.7 Å². The molecule has 1 N–H and O–H groups in total. The van der Waals surface area contributed by atoms with Crippen LogP contribution in [0.15, 0.2) is 37.2 Å². The molecule has 0 aliphatic carbocycles. The van der Waals surface area contributed by atoms with Crippen LogP contribution in [0.4, 0.5) is 0 Å². The predicted molar refractivity (Wildman–Crippen MR) is 83.9 cm³/mol. The van der Waals surface area contributed by atoms with Crippen molar-refractivity contribution in [3.63, 3.8) is 0 Å². The van der Waals surface area contributed by atoms with E-state index in [1.807, 2.05) is 23.1 Å². The highest BCUT2D eigenvalue weighted by Crippen LogP contribution is 2.22. The SMILES string of the molecule is CC(C)[C@H](CN[C@@H](C)CCn1cncn1)c1cccnc1. The van der Waals surface area contributed by atoms with Crippen LogP contribution in [0.25, 0.3) is 0 Å². The molecular weight excluding hydrogens is 262 g/mol. The normalized spacial score (nSPS) is 14.3. The van der Waals surface area contributed by atoms with E-state index in [1.165, 1.54) is 5.56 Å². The van der Waals surface area contributed by atoms with Crippen LogP contribution in [0.2, 0.25) is 0 Å². The zero-order valence-corrected chi connectivity index (χ0v) is 13.1. The number of aryl methyl sites for hydroxylation is 1. The molecule has 21 heavy (non-hydrogen) atoms. The molecule has 0 aromatic carbocycles. The first kappa shape index (κ1) is 15.6. The molecule has 0 spiro atoms. The average Bonchev–Trinajstić information content (AvgIpc) is 2.99. The van der Waals surface area contributed by atoms with Crippen molar-refractivity contribution in [1.82, 2.24) is 25.1 Å². The summed E-state index contributed by atoms with van der Waals surface area (Å²) >= 11 is 0. The monoisotopic (exact) mass is 287 g/mol.